The molecule has 0 heterocycles. The van der Waals surface area contributed by atoms with E-state index in [1.165, 1.54) is 12.1 Å². The highest BCUT2D eigenvalue weighted by Crippen LogP contribution is 2.29. The second-order valence-corrected chi connectivity index (χ2v) is 4.59. The number of nitriles is 1. The zero-order chi connectivity index (χ0) is 16.0. The third kappa shape index (κ3) is 4.62. The number of carboxylic acids is 1. The molecule has 0 aromatic heterocycles. The molecule has 7 heteroatoms. The van der Waals surface area contributed by atoms with E-state index in [9.17, 15) is 14.9 Å². The number of carboxylic acid groups (broad SMARTS) is 1. The Kier molecular flexibility index (Phi) is 5.43. The monoisotopic (exact) mass is 289 g/mol. The highest BCUT2D eigenvalue weighted by atomic mass is 16.6. The van der Waals surface area contributed by atoms with Crippen molar-refractivity contribution < 1.29 is 14.8 Å². The van der Waals surface area contributed by atoms with Crippen LogP contribution in [0.15, 0.2) is 24.3 Å². The molecule has 21 heavy (non-hydrogen) atoms. The second kappa shape index (κ2) is 7.05. The summed E-state index contributed by atoms with van der Waals surface area (Å²) in [5.74, 6) is -1.39. The lowest BCUT2D eigenvalue weighted by Crippen LogP contribution is -2.24. The Morgan fingerprint density at radius 3 is 2.81 bits per heavy atom. The molecule has 1 rings (SSSR count). The van der Waals surface area contributed by atoms with E-state index in [-0.39, 0.29) is 11.6 Å². The molecule has 7 nitrogen and oxygen atoms in total. The third-order valence-electron chi connectivity index (χ3n) is 2.79. The molecule has 1 unspecified atom stereocenters. The summed E-state index contributed by atoms with van der Waals surface area (Å²) in [4.78, 5) is 22.7. The maximum atomic E-state index is 11.1. The molecule has 1 aromatic carbocycles. The number of anilines is 1. The van der Waals surface area contributed by atoms with Crippen LogP contribution in [0.1, 0.15) is 12.5 Å². The summed E-state index contributed by atoms with van der Waals surface area (Å²) in [5.41, 5.74) is 0.680. The molecule has 0 aliphatic heterocycles. The summed E-state index contributed by atoms with van der Waals surface area (Å²) in [5, 5.41) is 28.5. The topological polar surface area (TPSA) is 107 Å². The summed E-state index contributed by atoms with van der Waals surface area (Å²) in [7, 11) is 1.67. The molecule has 0 fully saturated rings. The minimum Gasteiger partial charge on any atom is -0.478 e. The molecule has 0 saturated carbocycles. The van der Waals surface area contributed by atoms with Gasteiger partial charge in [-0.05, 0) is 24.6 Å². The Bertz CT molecular complexity index is 619. The number of nitro benzene ring substituents is 1. The minimum atomic E-state index is -1.12. The highest BCUT2D eigenvalue weighted by Gasteiger charge is 2.18. The van der Waals surface area contributed by atoms with Crippen molar-refractivity contribution in [3.63, 3.8) is 0 Å². The predicted molar refractivity (Wildman–Crippen MR) is 77.8 cm³/mol. The first-order valence-corrected chi connectivity index (χ1v) is 6.15. The van der Waals surface area contributed by atoms with Crippen LogP contribution >= 0.6 is 0 Å². The van der Waals surface area contributed by atoms with E-state index in [1.54, 1.807) is 31.0 Å². The first-order valence-electron chi connectivity index (χ1n) is 6.15. The van der Waals surface area contributed by atoms with Gasteiger partial charge >= 0.3 is 5.97 Å². The Balaban J connectivity index is 3.13. The van der Waals surface area contributed by atoms with Crippen molar-refractivity contribution in [1.82, 2.24) is 0 Å². The first-order chi connectivity index (χ1) is 9.85. The Labute approximate surface area is 121 Å². The lowest BCUT2D eigenvalue weighted by Gasteiger charge is -2.20. The third-order valence-corrected chi connectivity index (χ3v) is 2.79. The predicted octanol–water partition coefficient (Wildman–Crippen LogP) is 2.29. The largest absolute Gasteiger partial charge is 0.478 e. The zero-order valence-corrected chi connectivity index (χ0v) is 11.7. The number of carbonyl (C=O) groups is 1. The normalized spacial score (nSPS) is 11.9. The van der Waals surface area contributed by atoms with Gasteiger partial charge in [0.05, 0.1) is 16.9 Å². The molecule has 1 aromatic rings. The minimum absolute atomic E-state index is 0.129. The van der Waals surface area contributed by atoms with Gasteiger partial charge in [0.25, 0.3) is 5.69 Å². The van der Waals surface area contributed by atoms with Gasteiger partial charge in [0.1, 0.15) is 5.69 Å². The first kappa shape index (κ1) is 16.2. The molecular weight excluding hydrogens is 274 g/mol. The molecule has 0 spiro atoms. The van der Waals surface area contributed by atoms with Gasteiger partial charge in [-0.15, -0.1) is 0 Å². The van der Waals surface area contributed by atoms with Crippen molar-refractivity contribution in [1.29, 1.82) is 5.26 Å². The van der Waals surface area contributed by atoms with Crippen LogP contribution in [0.2, 0.25) is 0 Å². The van der Waals surface area contributed by atoms with Crippen LogP contribution in [0.5, 0.6) is 0 Å². The van der Waals surface area contributed by atoms with E-state index in [4.69, 9.17) is 10.4 Å². The maximum Gasteiger partial charge on any atom is 0.328 e. The van der Waals surface area contributed by atoms with Crippen molar-refractivity contribution in [2.24, 2.45) is 5.92 Å². The van der Waals surface area contributed by atoms with Gasteiger partial charge in [-0.25, -0.2) is 4.79 Å². The van der Waals surface area contributed by atoms with E-state index in [0.717, 1.165) is 6.08 Å². The van der Waals surface area contributed by atoms with Crippen LogP contribution < -0.4 is 4.90 Å². The number of nitrogens with zero attached hydrogens (tertiary/aromatic N) is 3. The van der Waals surface area contributed by atoms with Crippen LogP contribution in [-0.2, 0) is 4.79 Å². The van der Waals surface area contributed by atoms with Gasteiger partial charge in [-0.3, -0.25) is 10.1 Å². The van der Waals surface area contributed by atoms with Gasteiger partial charge in [0, 0.05) is 25.7 Å². The molecule has 1 atom stereocenters. The maximum absolute atomic E-state index is 11.1. The quantitative estimate of drug-likeness (QED) is 0.489. The lowest BCUT2D eigenvalue weighted by molar-refractivity contribution is -0.384. The zero-order valence-electron chi connectivity index (χ0n) is 11.7. The Morgan fingerprint density at radius 1 is 1.62 bits per heavy atom. The highest BCUT2D eigenvalue weighted by molar-refractivity contribution is 5.85. The fourth-order valence-corrected chi connectivity index (χ4v) is 1.83. The van der Waals surface area contributed by atoms with Crippen molar-refractivity contribution in [3.05, 3.63) is 40.0 Å². The summed E-state index contributed by atoms with van der Waals surface area (Å²) in [6.45, 7) is 2.09. The average Bonchev–Trinajstić information content (AvgIpc) is 2.44. The molecule has 0 aliphatic carbocycles. The number of hydrogen-bond acceptors (Lipinski definition) is 5. The Morgan fingerprint density at radius 2 is 2.29 bits per heavy atom. The van der Waals surface area contributed by atoms with Crippen molar-refractivity contribution in [3.8, 4) is 6.07 Å². The van der Waals surface area contributed by atoms with Crippen LogP contribution in [0.25, 0.3) is 6.08 Å². The molecule has 0 radical (unpaired) electrons. The number of rotatable bonds is 6. The van der Waals surface area contributed by atoms with Crippen molar-refractivity contribution >= 4 is 23.4 Å². The fraction of sp³-hybridized carbons (Fsp3) is 0.286. The summed E-state index contributed by atoms with van der Waals surface area (Å²) < 4.78 is 0. The molecule has 110 valence electrons. The number of nitro groups is 1. The van der Waals surface area contributed by atoms with Crippen molar-refractivity contribution in [2.45, 2.75) is 6.92 Å². The number of benzene rings is 1. The van der Waals surface area contributed by atoms with Crippen LogP contribution in [0.3, 0.4) is 0 Å². The van der Waals surface area contributed by atoms with Gasteiger partial charge in [0.15, 0.2) is 0 Å². The summed E-state index contributed by atoms with van der Waals surface area (Å²) in [6, 6.07) is 6.52. The van der Waals surface area contributed by atoms with Gasteiger partial charge in [-0.2, -0.15) is 5.26 Å². The van der Waals surface area contributed by atoms with Gasteiger partial charge in [-0.1, -0.05) is 6.07 Å². The molecule has 1 N–H and O–H groups in total. The standard InChI is InChI=1S/C14H15N3O4/c1-10(8-15)9-16(2)12-5-3-11(4-6-14(18)19)7-13(12)17(20)21/h3-7,10H,9H2,1-2H3,(H,18,19). The van der Waals surface area contributed by atoms with Crippen LogP contribution in [0.4, 0.5) is 11.4 Å². The Hall–Kier alpha value is -2.88. The molecular formula is C14H15N3O4. The lowest BCUT2D eigenvalue weighted by atomic mass is 10.1. The molecule has 0 aliphatic rings. The molecule has 0 saturated heterocycles. The summed E-state index contributed by atoms with van der Waals surface area (Å²) in [6.07, 6.45) is 2.21. The van der Waals surface area contributed by atoms with E-state index >= 15 is 0 Å². The number of hydrogen-bond donors (Lipinski definition) is 1. The molecule has 0 bridgehead atoms. The van der Waals surface area contributed by atoms with Crippen LogP contribution in [0, 0.1) is 27.4 Å². The number of aliphatic carboxylic acids is 1. The SMILES string of the molecule is CC(C#N)CN(C)c1ccc(C=CC(=O)O)cc1[N+](=O)[O-]. The van der Waals surface area contributed by atoms with E-state index in [0.29, 0.717) is 17.8 Å². The fourth-order valence-electron chi connectivity index (χ4n) is 1.83. The van der Waals surface area contributed by atoms with Gasteiger partial charge in [0.2, 0.25) is 0 Å². The van der Waals surface area contributed by atoms with Gasteiger partial charge < -0.3 is 10.0 Å². The van der Waals surface area contributed by atoms with E-state index in [1.807, 2.05) is 0 Å². The van der Waals surface area contributed by atoms with E-state index in [2.05, 4.69) is 6.07 Å². The average molecular weight is 289 g/mol. The van der Waals surface area contributed by atoms with E-state index < -0.39 is 10.9 Å². The molecule has 0 amide bonds. The van der Waals surface area contributed by atoms with Crippen molar-refractivity contribution in [2.75, 3.05) is 18.5 Å². The second-order valence-electron chi connectivity index (χ2n) is 4.59. The smallest absolute Gasteiger partial charge is 0.328 e. The van der Waals surface area contributed by atoms with Crippen LogP contribution in [-0.4, -0.2) is 29.6 Å². The summed E-state index contributed by atoms with van der Waals surface area (Å²) >= 11 is 0.